The molecular weight excluding hydrogens is 416 g/mol. The average Bonchev–Trinajstić information content (AvgIpc) is 3.46. The molecule has 1 aromatic heterocycles. The predicted molar refractivity (Wildman–Crippen MR) is 115 cm³/mol. The number of nitrogens with one attached hydrogen (secondary N) is 2. The number of rotatable bonds is 3. The summed E-state index contributed by atoms with van der Waals surface area (Å²) in [5.74, 6) is 1.40. The maximum absolute atomic E-state index is 13.1. The fraction of sp³-hybridized carbons (Fsp3) is 0.238. The number of amidine groups is 1. The number of aromatic amines is 1. The minimum absolute atomic E-state index is 0.186. The average molecular weight is 436 g/mol. The van der Waals surface area contributed by atoms with E-state index in [1.165, 1.54) is 0 Å². The van der Waals surface area contributed by atoms with Crippen LogP contribution in [0.5, 0.6) is 0 Å². The van der Waals surface area contributed by atoms with Gasteiger partial charge in [-0.15, -0.1) is 4.40 Å². The molecule has 2 aromatic carbocycles. The first-order valence-electron chi connectivity index (χ1n) is 9.94. The van der Waals surface area contributed by atoms with Crippen molar-refractivity contribution >= 4 is 27.5 Å². The Morgan fingerprint density at radius 3 is 2.84 bits per heavy atom. The zero-order chi connectivity index (χ0) is 21.6. The number of H-pyrrole nitrogens is 1. The minimum Gasteiger partial charge on any atom is -0.343 e. The summed E-state index contributed by atoms with van der Waals surface area (Å²) in [7, 11) is -3.74. The molecule has 31 heavy (non-hydrogen) atoms. The molecule has 3 aromatic rings. The minimum atomic E-state index is -3.74. The largest absolute Gasteiger partial charge is 0.343 e. The van der Waals surface area contributed by atoms with Crippen LogP contribution >= 0.6 is 0 Å². The molecular formula is C21H20N6O3S. The molecule has 2 aliphatic heterocycles. The fourth-order valence-electron chi connectivity index (χ4n) is 4.02. The number of aryl methyl sites for hydroxylation is 1. The third kappa shape index (κ3) is 3.48. The normalized spacial score (nSPS) is 19.2. The molecule has 2 N–H and O–H groups in total. The lowest BCUT2D eigenvalue weighted by molar-refractivity contribution is -0.119. The highest BCUT2D eigenvalue weighted by Crippen LogP contribution is 2.31. The molecule has 5 rings (SSSR count). The van der Waals surface area contributed by atoms with Crippen LogP contribution in [0, 0.1) is 6.92 Å². The third-order valence-corrected chi connectivity index (χ3v) is 6.75. The van der Waals surface area contributed by atoms with Gasteiger partial charge in [-0.05, 0) is 44.0 Å². The molecule has 1 amide bonds. The number of carbonyl (C=O) groups excluding carboxylic acids is 1. The van der Waals surface area contributed by atoms with Crippen molar-refractivity contribution in [2.24, 2.45) is 4.40 Å². The van der Waals surface area contributed by atoms with Gasteiger partial charge >= 0.3 is 0 Å². The number of amides is 1. The lowest BCUT2D eigenvalue weighted by Crippen LogP contribution is -2.43. The van der Waals surface area contributed by atoms with Crippen LogP contribution in [-0.4, -0.2) is 52.8 Å². The summed E-state index contributed by atoms with van der Waals surface area (Å²) in [6, 6.07) is 13.5. The van der Waals surface area contributed by atoms with Gasteiger partial charge in [-0.1, -0.05) is 24.3 Å². The highest BCUT2D eigenvalue weighted by Gasteiger charge is 2.39. The van der Waals surface area contributed by atoms with Crippen molar-refractivity contribution in [1.82, 2.24) is 20.1 Å². The monoisotopic (exact) mass is 436 g/mol. The van der Waals surface area contributed by atoms with E-state index in [9.17, 15) is 13.2 Å². The number of hydrogen-bond acceptors (Lipinski definition) is 6. The Morgan fingerprint density at radius 2 is 2.03 bits per heavy atom. The van der Waals surface area contributed by atoms with Crippen LogP contribution in [0.15, 0.2) is 57.8 Å². The summed E-state index contributed by atoms with van der Waals surface area (Å²) in [6.45, 7) is 2.39. The molecule has 158 valence electrons. The number of sulfonamides is 1. The van der Waals surface area contributed by atoms with Gasteiger partial charge in [0.05, 0.1) is 0 Å². The van der Waals surface area contributed by atoms with Crippen LogP contribution in [0.4, 0.5) is 5.69 Å². The first kappa shape index (κ1) is 19.4. The zero-order valence-electron chi connectivity index (χ0n) is 16.7. The van der Waals surface area contributed by atoms with E-state index in [0.29, 0.717) is 41.7 Å². The van der Waals surface area contributed by atoms with Crippen molar-refractivity contribution in [3.8, 4) is 11.4 Å². The molecule has 0 aliphatic carbocycles. The number of benzene rings is 2. The van der Waals surface area contributed by atoms with Gasteiger partial charge in [-0.3, -0.25) is 9.89 Å². The molecule has 1 fully saturated rings. The zero-order valence-corrected chi connectivity index (χ0v) is 17.6. The standard InChI is InChI=1S/C21H20N6O3S/c1-13-22-19(25-24-13)14-6-4-7-15(12-14)23-21(28)17-9-5-11-27(17)20-16-8-2-3-10-18(16)31(29,30)26-20/h2-4,6-8,10,12,17H,5,9,11H2,1H3,(H,23,28)(H,22,24,25)/t17-/m0/s1. The van der Waals surface area contributed by atoms with E-state index in [0.717, 1.165) is 12.0 Å². The van der Waals surface area contributed by atoms with Crippen molar-refractivity contribution in [3.63, 3.8) is 0 Å². The molecule has 1 saturated heterocycles. The summed E-state index contributed by atoms with van der Waals surface area (Å²) in [4.78, 5) is 19.4. The Hall–Kier alpha value is -3.53. The number of carbonyl (C=O) groups is 1. The summed E-state index contributed by atoms with van der Waals surface area (Å²) < 4.78 is 28.8. The van der Waals surface area contributed by atoms with E-state index < -0.39 is 16.1 Å². The van der Waals surface area contributed by atoms with Gasteiger partial charge < -0.3 is 10.2 Å². The number of nitrogens with zero attached hydrogens (tertiary/aromatic N) is 4. The highest BCUT2D eigenvalue weighted by atomic mass is 32.2. The molecule has 0 radical (unpaired) electrons. The van der Waals surface area contributed by atoms with Gasteiger partial charge in [0.1, 0.15) is 16.8 Å². The quantitative estimate of drug-likeness (QED) is 0.650. The number of fused-ring (bicyclic) bond motifs is 1. The topological polar surface area (TPSA) is 120 Å². The Kier molecular flexibility index (Phi) is 4.58. The first-order chi connectivity index (χ1) is 14.9. The second kappa shape index (κ2) is 7.31. The van der Waals surface area contributed by atoms with E-state index in [1.54, 1.807) is 35.2 Å². The summed E-state index contributed by atoms with van der Waals surface area (Å²) >= 11 is 0. The van der Waals surface area contributed by atoms with E-state index in [2.05, 4.69) is 24.9 Å². The van der Waals surface area contributed by atoms with Crippen molar-refractivity contribution in [1.29, 1.82) is 0 Å². The van der Waals surface area contributed by atoms with Gasteiger partial charge in [0.2, 0.25) is 5.91 Å². The highest BCUT2D eigenvalue weighted by molar-refractivity contribution is 7.90. The summed E-state index contributed by atoms with van der Waals surface area (Å²) in [5, 5.41) is 9.91. The summed E-state index contributed by atoms with van der Waals surface area (Å²) in [6.07, 6.45) is 1.39. The molecule has 10 heteroatoms. The number of hydrogen-bond donors (Lipinski definition) is 2. The van der Waals surface area contributed by atoms with Gasteiger partial charge in [-0.25, -0.2) is 4.98 Å². The lowest BCUT2D eigenvalue weighted by atomic mass is 10.1. The third-order valence-electron chi connectivity index (χ3n) is 5.43. The van der Waals surface area contributed by atoms with Crippen molar-refractivity contribution in [2.45, 2.75) is 30.7 Å². The SMILES string of the molecule is Cc1nc(-c2cccc(NC(=O)[C@@H]3CCCN3C3=NS(=O)(=O)c4ccccc43)c2)n[nH]1. The molecule has 3 heterocycles. The van der Waals surface area contributed by atoms with E-state index >= 15 is 0 Å². The van der Waals surface area contributed by atoms with Crippen LogP contribution in [0.3, 0.4) is 0 Å². The van der Waals surface area contributed by atoms with Crippen molar-refractivity contribution < 1.29 is 13.2 Å². The smallest absolute Gasteiger partial charge is 0.285 e. The molecule has 9 nitrogen and oxygen atoms in total. The van der Waals surface area contributed by atoms with Crippen molar-refractivity contribution in [2.75, 3.05) is 11.9 Å². The van der Waals surface area contributed by atoms with Crippen LogP contribution in [0.1, 0.15) is 24.2 Å². The Balaban J connectivity index is 1.39. The number of anilines is 1. The van der Waals surface area contributed by atoms with Gasteiger partial charge in [0.25, 0.3) is 10.0 Å². The van der Waals surface area contributed by atoms with Gasteiger partial charge in [0, 0.05) is 23.4 Å². The van der Waals surface area contributed by atoms with Crippen LogP contribution < -0.4 is 5.32 Å². The fourth-order valence-corrected chi connectivity index (χ4v) is 5.24. The molecule has 0 spiro atoms. The molecule has 2 aliphatic rings. The van der Waals surface area contributed by atoms with Crippen LogP contribution in [-0.2, 0) is 14.8 Å². The first-order valence-corrected chi connectivity index (χ1v) is 11.4. The van der Waals surface area contributed by atoms with Crippen LogP contribution in [0.2, 0.25) is 0 Å². The molecule has 0 bridgehead atoms. The van der Waals surface area contributed by atoms with Crippen LogP contribution in [0.25, 0.3) is 11.4 Å². The number of likely N-dealkylation sites (tertiary alicyclic amines) is 1. The molecule has 1 atom stereocenters. The molecule has 0 saturated carbocycles. The number of aromatic nitrogens is 3. The van der Waals surface area contributed by atoms with Gasteiger partial charge in [-0.2, -0.15) is 13.5 Å². The second-order valence-corrected chi connectivity index (χ2v) is 9.12. The second-order valence-electron chi connectivity index (χ2n) is 7.55. The van der Waals surface area contributed by atoms with E-state index in [4.69, 9.17) is 0 Å². The van der Waals surface area contributed by atoms with Gasteiger partial charge in [0.15, 0.2) is 11.7 Å². The van der Waals surface area contributed by atoms with Crippen molar-refractivity contribution in [3.05, 3.63) is 59.9 Å². The van der Waals surface area contributed by atoms with E-state index in [-0.39, 0.29) is 10.8 Å². The predicted octanol–water partition coefficient (Wildman–Crippen LogP) is 2.33. The maximum Gasteiger partial charge on any atom is 0.285 e. The Morgan fingerprint density at radius 1 is 1.19 bits per heavy atom. The maximum atomic E-state index is 13.1. The van der Waals surface area contributed by atoms with E-state index in [1.807, 2.05) is 25.1 Å². The lowest BCUT2D eigenvalue weighted by Gasteiger charge is -2.25. The Bertz CT molecular complexity index is 1310. The Labute approximate surface area is 179 Å². The molecule has 0 unspecified atom stereocenters. The summed E-state index contributed by atoms with van der Waals surface area (Å²) in [5.41, 5.74) is 1.95.